The first-order chi connectivity index (χ1) is 23.7. The molecule has 0 radical (unpaired) electrons. The van der Waals surface area contributed by atoms with Crippen molar-refractivity contribution in [2.24, 2.45) is 76.9 Å². The molecule has 1 N–H and O–H groups in total. The Morgan fingerprint density at radius 3 is 2.10 bits per heavy atom. The summed E-state index contributed by atoms with van der Waals surface area (Å²) in [5, 5.41) is 10.6. The predicted molar refractivity (Wildman–Crippen MR) is 202 cm³/mol. The van der Waals surface area contributed by atoms with Gasteiger partial charge in [0.15, 0.2) is 0 Å². The molecule has 5 fully saturated rings. The predicted octanol–water partition coefficient (Wildman–Crippen LogP) is 13.0. The summed E-state index contributed by atoms with van der Waals surface area (Å²) < 4.78 is 0. The highest BCUT2D eigenvalue weighted by Gasteiger charge is 2.53. The SMILES string of the molecule is CCC/C=C\C1CCC(C2CCC3C(C2)C(C2CCC(O)CC2)C2=C(CC(C4CCC5CCC=CC5C4)CC2)C3C2CCCCC2)CC1. The van der Waals surface area contributed by atoms with Gasteiger partial charge in [-0.05, 0) is 218 Å². The van der Waals surface area contributed by atoms with E-state index in [1.807, 2.05) is 0 Å². The fourth-order valence-corrected chi connectivity index (χ4v) is 14.6. The first-order valence-electron chi connectivity index (χ1n) is 22.4. The Labute approximate surface area is 296 Å². The third-order valence-corrected chi connectivity index (χ3v) is 17.0. The van der Waals surface area contributed by atoms with Crippen LogP contribution in [0.3, 0.4) is 0 Å². The van der Waals surface area contributed by atoms with Gasteiger partial charge in [0.2, 0.25) is 0 Å². The lowest BCUT2D eigenvalue weighted by Crippen LogP contribution is -2.48. The largest absolute Gasteiger partial charge is 0.393 e. The lowest BCUT2D eigenvalue weighted by atomic mass is 9.47. The van der Waals surface area contributed by atoms with Gasteiger partial charge in [-0.1, -0.05) is 68.1 Å². The second-order valence-corrected chi connectivity index (χ2v) is 19.4. The van der Waals surface area contributed by atoms with Crippen LogP contribution in [0.5, 0.6) is 0 Å². The molecule has 8 aliphatic carbocycles. The van der Waals surface area contributed by atoms with E-state index in [0.29, 0.717) is 0 Å². The smallest absolute Gasteiger partial charge is 0.0540 e. The Kier molecular flexibility index (Phi) is 11.3. The van der Waals surface area contributed by atoms with Crippen molar-refractivity contribution in [2.75, 3.05) is 0 Å². The van der Waals surface area contributed by atoms with Crippen molar-refractivity contribution in [3.05, 3.63) is 35.5 Å². The maximum Gasteiger partial charge on any atom is 0.0540 e. The molecule has 0 aromatic carbocycles. The molecule has 8 rings (SSSR count). The van der Waals surface area contributed by atoms with Crippen LogP contribution in [-0.4, -0.2) is 11.2 Å². The first kappa shape index (κ1) is 34.3. The fourth-order valence-electron chi connectivity index (χ4n) is 14.6. The Morgan fingerprint density at radius 1 is 0.604 bits per heavy atom. The number of unbranched alkanes of at least 4 members (excludes halogenated alkanes) is 1. The third-order valence-electron chi connectivity index (χ3n) is 17.0. The molecule has 268 valence electrons. The van der Waals surface area contributed by atoms with E-state index < -0.39 is 0 Å². The average Bonchev–Trinajstić information content (AvgIpc) is 3.14. The van der Waals surface area contributed by atoms with Gasteiger partial charge in [0, 0.05) is 0 Å². The van der Waals surface area contributed by atoms with Gasteiger partial charge in [0.05, 0.1) is 6.10 Å². The quantitative estimate of drug-likeness (QED) is 0.271. The van der Waals surface area contributed by atoms with E-state index in [-0.39, 0.29) is 6.10 Å². The molecule has 0 spiro atoms. The van der Waals surface area contributed by atoms with E-state index in [9.17, 15) is 5.11 Å². The molecule has 0 aliphatic heterocycles. The van der Waals surface area contributed by atoms with Crippen LogP contribution in [0.25, 0.3) is 0 Å². The molecule has 5 saturated carbocycles. The molecule has 8 aliphatic rings. The maximum atomic E-state index is 10.6. The van der Waals surface area contributed by atoms with Crippen molar-refractivity contribution in [3.63, 3.8) is 0 Å². The molecule has 0 amide bonds. The van der Waals surface area contributed by atoms with Gasteiger partial charge in [-0.15, -0.1) is 0 Å². The molecule has 9 unspecified atom stereocenters. The van der Waals surface area contributed by atoms with Crippen LogP contribution in [-0.2, 0) is 0 Å². The molecular formula is C47H74O. The normalized spacial score (nSPS) is 45.8. The molecule has 48 heavy (non-hydrogen) atoms. The van der Waals surface area contributed by atoms with Crippen LogP contribution >= 0.6 is 0 Å². The van der Waals surface area contributed by atoms with Crippen LogP contribution in [0, 0.1) is 76.9 Å². The summed E-state index contributed by atoms with van der Waals surface area (Å²) >= 11 is 0. The summed E-state index contributed by atoms with van der Waals surface area (Å²) in [5.41, 5.74) is 4.18. The summed E-state index contributed by atoms with van der Waals surface area (Å²) in [6, 6.07) is 0. The summed E-state index contributed by atoms with van der Waals surface area (Å²) in [7, 11) is 0. The molecule has 0 aromatic heterocycles. The third kappa shape index (κ3) is 7.26. The number of aliphatic hydroxyl groups excluding tert-OH is 1. The van der Waals surface area contributed by atoms with Crippen molar-refractivity contribution in [1.29, 1.82) is 0 Å². The van der Waals surface area contributed by atoms with Gasteiger partial charge in [-0.2, -0.15) is 0 Å². The van der Waals surface area contributed by atoms with Crippen LogP contribution in [0.2, 0.25) is 0 Å². The zero-order valence-electron chi connectivity index (χ0n) is 31.2. The van der Waals surface area contributed by atoms with Crippen LogP contribution in [0.1, 0.15) is 174 Å². The van der Waals surface area contributed by atoms with Gasteiger partial charge in [0.25, 0.3) is 0 Å². The Balaban J connectivity index is 1.06. The van der Waals surface area contributed by atoms with Crippen molar-refractivity contribution < 1.29 is 5.11 Å². The molecule has 1 nitrogen and oxygen atoms in total. The second-order valence-electron chi connectivity index (χ2n) is 19.4. The lowest BCUT2D eigenvalue weighted by Gasteiger charge is -2.57. The van der Waals surface area contributed by atoms with Crippen molar-refractivity contribution in [3.8, 4) is 0 Å². The number of hydrogen-bond acceptors (Lipinski definition) is 1. The lowest BCUT2D eigenvalue weighted by molar-refractivity contribution is -0.0113. The highest BCUT2D eigenvalue weighted by Crippen LogP contribution is 2.62. The molecule has 0 saturated heterocycles. The fraction of sp³-hybridized carbons (Fsp3) is 0.872. The first-order valence-corrected chi connectivity index (χ1v) is 22.4. The standard InChI is InChI=1S/C47H74O/c1-2-3-5-10-32-15-17-34(18-16-32)39-23-27-42-44(30-39)47(36-21-25-41(48)26-22-36)43-28-24-40(31-45(43)46(42)35-12-6-4-7-13-35)38-20-19-33-11-8-9-14-37(33)29-38/h5,9-10,14,32-42,44,46-48H,2-4,6-8,11-13,15-31H2,1H3/b10-5-. The van der Waals surface area contributed by atoms with Gasteiger partial charge in [-0.25, -0.2) is 0 Å². The van der Waals surface area contributed by atoms with Gasteiger partial charge in [0.1, 0.15) is 0 Å². The Morgan fingerprint density at radius 2 is 1.29 bits per heavy atom. The van der Waals surface area contributed by atoms with Crippen molar-refractivity contribution in [2.45, 2.75) is 180 Å². The van der Waals surface area contributed by atoms with E-state index in [1.165, 1.54) is 135 Å². The topological polar surface area (TPSA) is 20.2 Å². The van der Waals surface area contributed by atoms with E-state index in [0.717, 1.165) is 89.8 Å². The number of rotatable bonds is 7. The monoisotopic (exact) mass is 655 g/mol. The van der Waals surface area contributed by atoms with E-state index in [1.54, 1.807) is 19.3 Å². The zero-order valence-corrected chi connectivity index (χ0v) is 31.2. The van der Waals surface area contributed by atoms with Crippen molar-refractivity contribution in [1.82, 2.24) is 0 Å². The summed E-state index contributed by atoms with van der Waals surface area (Å²) in [6.45, 7) is 2.31. The van der Waals surface area contributed by atoms with Crippen LogP contribution in [0.15, 0.2) is 35.5 Å². The Bertz CT molecular complexity index is 1120. The van der Waals surface area contributed by atoms with Crippen LogP contribution < -0.4 is 0 Å². The van der Waals surface area contributed by atoms with Crippen LogP contribution in [0.4, 0.5) is 0 Å². The van der Waals surface area contributed by atoms with E-state index >= 15 is 0 Å². The number of aliphatic hydroxyl groups is 1. The number of hydrogen-bond donors (Lipinski definition) is 1. The number of allylic oxidation sites excluding steroid dienone is 6. The highest BCUT2D eigenvalue weighted by atomic mass is 16.3. The molecule has 1 heteroatoms. The van der Waals surface area contributed by atoms with E-state index in [2.05, 4.69) is 42.4 Å². The minimum Gasteiger partial charge on any atom is -0.393 e. The number of fused-ring (bicyclic) bond motifs is 2. The average molecular weight is 655 g/mol. The minimum absolute atomic E-state index is 0.0237. The summed E-state index contributed by atoms with van der Waals surface area (Å²) in [6.07, 6.45) is 47.6. The molecule has 0 heterocycles. The van der Waals surface area contributed by atoms with Gasteiger partial charge >= 0.3 is 0 Å². The van der Waals surface area contributed by atoms with E-state index in [4.69, 9.17) is 0 Å². The van der Waals surface area contributed by atoms with Gasteiger partial charge in [-0.3, -0.25) is 0 Å². The molecular weight excluding hydrogens is 581 g/mol. The maximum absolute atomic E-state index is 10.6. The summed E-state index contributed by atoms with van der Waals surface area (Å²) in [5.74, 6) is 12.3. The zero-order chi connectivity index (χ0) is 32.5. The summed E-state index contributed by atoms with van der Waals surface area (Å²) in [4.78, 5) is 0. The van der Waals surface area contributed by atoms with Crippen molar-refractivity contribution >= 4 is 0 Å². The Hall–Kier alpha value is -0.820. The van der Waals surface area contributed by atoms with Gasteiger partial charge < -0.3 is 5.11 Å². The second kappa shape index (κ2) is 15.8. The molecule has 0 aromatic rings. The molecule has 9 atom stereocenters. The minimum atomic E-state index is -0.0237. The molecule has 0 bridgehead atoms. The highest BCUT2D eigenvalue weighted by molar-refractivity contribution is 5.31.